The van der Waals surface area contributed by atoms with Gasteiger partial charge in [-0.1, -0.05) is 18.2 Å². The number of aliphatic hydroxyl groups is 1. The van der Waals surface area contributed by atoms with Gasteiger partial charge in [-0.3, -0.25) is 0 Å². The summed E-state index contributed by atoms with van der Waals surface area (Å²) in [4.78, 5) is 2.21. The molecule has 0 aliphatic rings. The molecule has 0 heterocycles. The molecule has 1 aromatic carbocycles. The van der Waals surface area contributed by atoms with Crippen LogP contribution in [0.15, 0.2) is 24.3 Å². The zero-order valence-corrected chi connectivity index (χ0v) is 9.79. The Hall–Kier alpha value is -0.0900. The van der Waals surface area contributed by atoms with E-state index in [1.807, 2.05) is 32.0 Å². The highest BCUT2D eigenvalue weighted by atomic mass is 127. The number of rotatable bonds is 2. The minimum absolute atomic E-state index is 0.0617. The van der Waals surface area contributed by atoms with Crippen LogP contribution in [0.3, 0.4) is 0 Å². The highest BCUT2D eigenvalue weighted by Gasteiger charge is 2.24. The van der Waals surface area contributed by atoms with Crippen LogP contribution < -0.4 is 21.2 Å². The summed E-state index contributed by atoms with van der Waals surface area (Å²) in [6.45, 7) is 3.68. The lowest BCUT2D eigenvalue weighted by Crippen LogP contribution is -3.60. The van der Waals surface area contributed by atoms with Gasteiger partial charge in [0.15, 0.2) is 3.57 Å². The van der Waals surface area contributed by atoms with Crippen molar-refractivity contribution in [1.82, 2.24) is 0 Å². The van der Waals surface area contributed by atoms with Crippen molar-refractivity contribution in [3.63, 3.8) is 0 Å². The molecule has 0 fully saturated rings. The third-order valence-corrected chi connectivity index (χ3v) is 3.84. The maximum absolute atomic E-state index is 9.82. The maximum Gasteiger partial charge on any atom is 0.310 e. The predicted octanol–water partition coefficient (Wildman–Crippen LogP) is -1.20. The summed E-state index contributed by atoms with van der Waals surface area (Å²) < 4.78 is 1.34. The molecule has 2 heteroatoms. The molecule has 0 unspecified atom stereocenters. The van der Waals surface area contributed by atoms with E-state index in [1.54, 1.807) is 0 Å². The first kappa shape index (κ1) is 9.99. The smallest absolute Gasteiger partial charge is 0.310 e. The molecular weight excluding hydrogens is 263 g/mol. The van der Waals surface area contributed by atoms with Crippen LogP contribution >= 0.6 is 0 Å². The van der Waals surface area contributed by atoms with Gasteiger partial charge in [0.25, 0.3) is 0 Å². The molecule has 0 amide bonds. The van der Waals surface area contributed by atoms with Crippen molar-refractivity contribution in [2.75, 3.05) is 4.93 Å². The number of benzene rings is 1. The molecule has 1 aromatic rings. The summed E-state index contributed by atoms with van der Waals surface area (Å²) in [6.07, 6.45) is 0. The van der Waals surface area contributed by atoms with E-state index in [9.17, 15) is 5.11 Å². The number of halogens is 1. The molecule has 0 aliphatic carbocycles. The SMILES string of the molecule is C[I+]c1ccccc1C(C)(C)O. The van der Waals surface area contributed by atoms with E-state index in [0.29, 0.717) is 0 Å². The number of hydrogen-bond donors (Lipinski definition) is 1. The Morgan fingerprint density at radius 3 is 2.25 bits per heavy atom. The highest BCUT2D eigenvalue weighted by molar-refractivity contribution is 5.19. The predicted molar refractivity (Wildman–Crippen MR) is 46.3 cm³/mol. The Labute approximate surface area is 84.1 Å². The van der Waals surface area contributed by atoms with E-state index in [4.69, 9.17) is 0 Å². The quantitative estimate of drug-likeness (QED) is 0.532. The van der Waals surface area contributed by atoms with E-state index in [-0.39, 0.29) is 21.2 Å². The second-order valence-corrected chi connectivity index (χ2v) is 5.47. The number of hydrogen-bond acceptors (Lipinski definition) is 1. The Balaban J connectivity index is 3.14. The zero-order chi connectivity index (χ0) is 9.19. The van der Waals surface area contributed by atoms with Crippen molar-refractivity contribution in [1.29, 1.82) is 0 Å². The van der Waals surface area contributed by atoms with Crippen LogP contribution in [0.2, 0.25) is 0 Å². The van der Waals surface area contributed by atoms with Crippen LogP contribution in [-0.2, 0) is 5.60 Å². The van der Waals surface area contributed by atoms with Crippen LogP contribution in [0.25, 0.3) is 0 Å². The molecule has 0 aromatic heterocycles. The molecule has 0 aliphatic heterocycles. The van der Waals surface area contributed by atoms with Crippen LogP contribution in [0.4, 0.5) is 0 Å². The molecule has 0 saturated carbocycles. The summed E-state index contributed by atoms with van der Waals surface area (Å²) in [5.41, 5.74) is 0.395. The maximum atomic E-state index is 9.82. The lowest BCUT2D eigenvalue weighted by atomic mass is 9.99. The third-order valence-electron chi connectivity index (χ3n) is 1.74. The summed E-state index contributed by atoms with van der Waals surface area (Å²) in [7, 11) is 0. The third kappa shape index (κ3) is 2.20. The molecule has 1 rings (SSSR count). The van der Waals surface area contributed by atoms with Crippen molar-refractivity contribution in [2.24, 2.45) is 0 Å². The number of alkyl halides is 1. The van der Waals surface area contributed by atoms with Gasteiger partial charge >= 0.3 is 21.2 Å². The fourth-order valence-electron chi connectivity index (χ4n) is 1.12. The van der Waals surface area contributed by atoms with Crippen LogP contribution in [0.1, 0.15) is 19.4 Å². The van der Waals surface area contributed by atoms with Gasteiger partial charge in [0.2, 0.25) is 0 Å². The summed E-state index contributed by atoms with van der Waals surface area (Å²) in [6, 6.07) is 8.14. The summed E-state index contributed by atoms with van der Waals surface area (Å²) in [5, 5.41) is 9.82. The molecule has 0 saturated heterocycles. The standard InChI is InChI=1S/C10H14IO/c1-10(2,12)8-6-4-5-7-9(8)11-3/h4-7,12H,1-3H3/q+1. The largest absolute Gasteiger partial charge is 0.386 e. The van der Waals surface area contributed by atoms with Crippen LogP contribution in [-0.4, -0.2) is 10.0 Å². The average molecular weight is 277 g/mol. The average Bonchev–Trinajstić information content (AvgIpc) is 2.03. The molecule has 0 spiro atoms. The van der Waals surface area contributed by atoms with E-state index < -0.39 is 5.60 Å². The van der Waals surface area contributed by atoms with E-state index in [0.717, 1.165) is 5.56 Å². The second-order valence-electron chi connectivity index (χ2n) is 3.23. The van der Waals surface area contributed by atoms with Gasteiger partial charge in [0.1, 0.15) is 4.93 Å². The lowest BCUT2D eigenvalue weighted by Gasteiger charge is -2.16. The molecular formula is C10H14IO+. The molecule has 0 bridgehead atoms. The Morgan fingerprint density at radius 2 is 1.83 bits per heavy atom. The summed E-state index contributed by atoms with van der Waals surface area (Å²) in [5.74, 6) is 0. The highest BCUT2D eigenvalue weighted by Crippen LogP contribution is 2.18. The van der Waals surface area contributed by atoms with E-state index in [1.165, 1.54) is 3.57 Å². The molecule has 12 heavy (non-hydrogen) atoms. The minimum atomic E-state index is -0.688. The van der Waals surface area contributed by atoms with E-state index in [2.05, 4.69) is 11.0 Å². The second kappa shape index (κ2) is 3.75. The van der Waals surface area contributed by atoms with Crippen LogP contribution in [0.5, 0.6) is 0 Å². The first-order chi connectivity index (χ1) is 5.55. The lowest BCUT2D eigenvalue weighted by molar-refractivity contribution is -0.598. The van der Waals surface area contributed by atoms with Crippen LogP contribution in [0, 0.1) is 3.57 Å². The molecule has 1 nitrogen and oxygen atoms in total. The fraction of sp³-hybridized carbons (Fsp3) is 0.400. The van der Waals surface area contributed by atoms with Gasteiger partial charge in [-0.15, -0.1) is 0 Å². The molecule has 0 atom stereocenters. The van der Waals surface area contributed by atoms with Crippen molar-refractivity contribution in [2.45, 2.75) is 19.4 Å². The van der Waals surface area contributed by atoms with Crippen molar-refractivity contribution >= 4 is 0 Å². The fourth-order valence-corrected chi connectivity index (χ4v) is 3.11. The van der Waals surface area contributed by atoms with Gasteiger partial charge < -0.3 is 5.11 Å². The monoisotopic (exact) mass is 277 g/mol. The Bertz CT molecular complexity index is 263. The zero-order valence-electron chi connectivity index (χ0n) is 7.63. The first-order valence-electron chi connectivity index (χ1n) is 3.87. The molecule has 66 valence electrons. The topological polar surface area (TPSA) is 20.2 Å². The Morgan fingerprint density at radius 1 is 1.25 bits per heavy atom. The first-order valence-corrected chi connectivity index (χ1v) is 7.10. The Kier molecular flexibility index (Phi) is 3.12. The van der Waals surface area contributed by atoms with Crippen molar-refractivity contribution in [3.8, 4) is 0 Å². The van der Waals surface area contributed by atoms with Gasteiger partial charge in [-0.2, -0.15) is 0 Å². The molecule has 1 N–H and O–H groups in total. The normalized spacial score (nSPS) is 11.7. The van der Waals surface area contributed by atoms with Gasteiger partial charge in [-0.25, -0.2) is 0 Å². The summed E-state index contributed by atoms with van der Waals surface area (Å²) >= 11 is 0.0617. The minimum Gasteiger partial charge on any atom is -0.386 e. The van der Waals surface area contributed by atoms with Gasteiger partial charge in [-0.05, 0) is 19.9 Å². The van der Waals surface area contributed by atoms with Gasteiger partial charge in [0.05, 0.1) is 5.60 Å². The molecule has 0 radical (unpaired) electrons. The van der Waals surface area contributed by atoms with Crippen molar-refractivity contribution in [3.05, 3.63) is 33.4 Å². The van der Waals surface area contributed by atoms with Crippen molar-refractivity contribution < 1.29 is 26.3 Å². The van der Waals surface area contributed by atoms with E-state index >= 15 is 0 Å². The van der Waals surface area contributed by atoms with Gasteiger partial charge in [0, 0.05) is 5.56 Å².